The third-order valence-electron chi connectivity index (χ3n) is 13.1. The first-order valence-electron chi connectivity index (χ1n) is 28.9. The van der Waals surface area contributed by atoms with Gasteiger partial charge in [-0.1, -0.05) is 236 Å². The number of allylic oxidation sites excluding steroid dienone is 8. The van der Waals surface area contributed by atoms with Crippen LogP contribution in [0, 0.1) is 0 Å². The third kappa shape index (κ3) is 51.2. The van der Waals surface area contributed by atoms with Gasteiger partial charge in [0.1, 0.15) is 0 Å². The molecule has 0 heterocycles. The number of carbonyl (C=O) groups excluding carboxylic acids is 2. The Morgan fingerprint density at radius 2 is 0.758 bits per heavy atom. The Labute approximate surface area is 410 Å². The highest BCUT2D eigenvalue weighted by Gasteiger charge is 2.20. The molecule has 6 heteroatoms. The lowest BCUT2D eigenvalue weighted by Gasteiger charge is -2.22. The highest BCUT2D eigenvalue weighted by atomic mass is 16.5. The summed E-state index contributed by atoms with van der Waals surface area (Å²) in [5.74, 6) is -0.0716. The first-order chi connectivity index (χ1) is 32.5. The molecule has 0 saturated heterocycles. The third-order valence-corrected chi connectivity index (χ3v) is 13.1. The molecule has 2 unspecified atom stereocenters. The fraction of sp³-hybridized carbons (Fsp3) is 0.833. The summed E-state index contributed by atoms with van der Waals surface area (Å²) >= 11 is 0. The predicted molar refractivity (Wildman–Crippen MR) is 287 cm³/mol. The van der Waals surface area contributed by atoms with Crippen molar-refractivity contribution in [3.63, 3.8) is 0 Å². The summed E-state index contributed by atoms with van der Waals surface area (Å²) in [7, 11) is 0. The van der Waals surface area contributed by atoms with Crippen molar-refractivity contribution in [2.24, 2.45) is 0 Å². The van der Waals surface area contributed by atoms with Crippen LogP contribution in [0.25, 0.3) is 0 Å². The molecule has 0 fully saturated rings. The average Bonchev–Trinajstić information content (AvgIpc) is 3.32. The molecule has 0 bridgehead atoms. The van der Waals surface area contributed by atoms with Crippen molar-refractivity contribution in [3.05, 3.63) is 48.6 Å². The number of amides is 1. The maximum Gasteiger partial charge on any atom is 0.305 e. The second-order valence-electron chi connectivity index (χ2n) is 19.6. The molecule has 0 saturated carbocycles. The SMILES string of the molecule is CCCCC/C=C\C/C=C\CCCCCCCCCCCC(=O)OCCCCC/C=C\C/C=C\CCCCCCCCCC(=O)NC(CO)C(O)CCCCCCCCCCCCCCC. The zero-order chi connectivity index (χ0) is 47.9. The largest absolute Gasteiger partial charge is 0.466 e. The molecular formula is C60H111NO5. The van der Waals surface area contributed by atoms with E-state index in [0.29, 0.717) is 25.9 Å². The van der Waals surface area contributed by atoms with Gasteiger partial charge in [0.15, 0.2) is 0 Å². The molecule has 3 N–H and O–H groups in total. The lowest BCUT2D eigenvalue weighted by Crippen LogP contribution is -2.45. The maximum absolute atomic E-state index is 12.4. The number of aliphatic hydroxyl groups is 2. The molecule has 0 aromatic rings. The summed E-state index contributed by atoms with van der Waals surface area (Å²) in [4.78, 5) is 24.5. The summed E-state index contributed by atoms with van der Waals surface area (Å²) < 4.78 is 5.46. The molecule has 0 aliphatic carbocycles. The van der Waals surface area contributed by atoms with Crippen LogP contribution in [0.1, 0.15) is 296 Å². The molecule has 0 aromatic heterocycles. The number of unbranched alkanes of at least 4 members (excludes halogenated alkanes) is 34. The van der Waals surface area contributed by atoms with E-state index in [4.69, 9.17) is 4.74 Å². The number of aliphatic hydroxyl groups excluding tert-OH is 2. The Balaban J connectivity index is 3.49. The highest BCUT2D eigenvalue weighted by Crippen LogP contribution is 2.16. The van der Waals surface area contributed by atoms with E-state index in [1.807, 2.05) is 0 Å². The van der Waals surface area contributed by atoms with E-state index >= 15 is 0 Å². The van der Waals surface area contributed by atoms with Crippen molar-refractivity contribution in [1.29, 1.82) is 0 Å². The number of rotatable bonds is 53. The minimum absolute atomic E-state index is 0.0197. The summed E-state index contributed by atoms with van der Waals surface area (Å²) in [6.07, 6.45) is 69.6. The van der Waals surface area contributed by atoms with Gasteiger partial charge in [0, 0.05) is 12.8 Å². The zero-order valence-electron chi connectivity index (χ0n) is 43.9. The first kappa shape index (κ1) is 63.8. The first-order valence-corrected chi connectivity index (χ1v) is 28.9. The average molecular weight is 927 g/mol. The second kappa shape index (κ2) is 55.4. The van der Waals surface area contributed by atoms with Crippen molar-refractivity contribution < 1.29 is 24.5 Å². The summed E-state index contributed by atoms with van der Waals surface area (Å²) in [5.41, 5.74) is 0. The van der Waals surface area contributed by atoms with Gasteiger partial charge in [0.05, 0.1) is 25.4 Å². The van der Waals surface area contributed by atoms with Crippen LogP contribution in [0.4, 0.5) is 0 Å². The highest BCUT2D eigenvalue weighted by molar-refractivity contribution is 5.76. The topological polar surface area (TPSA) is 95.9 Å². The Kier molecular flexibility index (Phi) is 53.6. The number of nitrogens with one attached hydrogen (secondary N) is 1. The van der Waals surface area contributed by atoms with Crippen molar-refractivity contribution >= 4 is 11.9 Å². The molecule has 386 valence electrons. The van der Waals surface area contributed by atoms with E-state index in [9.17, 15) is 19.8 Å². The van der Waals surface area contributed by atoms with Crippen LogP contribution < -0.4 is 5.32 Å². The molecular weight excluding hydrogens is 815 g/mol. The smallest absolute Gasteiger partial charge is 0.305 e. The van der Waals surface area contributed by atoms with Gasteiger partial charge in [0.25, 0.3) is 0 Å². The summed E-state index contributed by atoms with van der Waals surface area (Å²) in [6.45, 7) is 4.88. The van der Waals surface area contributed by atoms with E-state index < -0.39 is 12.1 Å². The van der Waals surface area contributed by atoms with Crippen molar-refractivity contribution in [2.75, 3.05) is 13.2 Å². The number of carbonyl (C=O) groups is 2. The number of hydrogen-bond acceptors (Lipinski definition) is 5. The van der Waals surface area contributed by atoms with Gasteiger partial charge in [-0.25, -0.2) is 0 Å². The van der Waals surface area contributed by atoms with Gasteiger partial charge in [-0.2, -0.15) is 0 Å². The second-order valence-corrected chi connectivity index (χ2v) is 19.6. The van der Waals surface area contributed by atoms with Gasteiger partial charge in [0.2, 0.25) is 5.91 Å². The molecule has 0 aromatic carbocycles. The quantitative estimate of drug-likeness (QED) is 0.0321. The van der Waals surface area contributed by atoms with Crippen LogP contribution in [0.5, 0.6) is 0 Å². The Bertz CT molecular complexity index is 1110. The summed E-state index contributed by atoms with van der Waals surface area (Å²) in [5, 5.41) is 23.2. The van der Waals surface area contributed by atoms with Crippen LogP contribution in [0.3, 0.4) is 0 Å². The molecule has 1 amide bonds. The van der Waals surface area contributed by atoms with E-state index in [1.165, 1.54) is 173 Å². The molecule has 0 rings (SSSR count). The molecule has 0 radical (unpaired) electrons. The molecule has 0 aliphatic heterocycles. The van der Waals surface area contributed by atoms with Crippen molar-refractivity contribution in [1.82, 2.24) is 5.32 Å². The lowest BCUT2D eigenvalue weighted by molar-refractivity contribution is -0.143. The van der Waals surface area contributed by atoms with E-state index in [-0.39, 0.29) is 18.5 Å². The predicted octanol–water partition coefficient (Wildman–Crippen LogP) is 17.8. The van der Waals surface area contributed by atoms with Crippen molar-refractivity contribution in [2.45, 2.75) is 309 Å². The number of esters is 1. The van der Waals surface area contributed by atoms with Gasteiger partial charge < -0.3 is 20.3 Å². The van der Waals surface area contributed by atoms with E-state index in [2.05, 4.69) is 67.8 Å². The summed E-state index contributed by atoms with van der Waals surface area (Å²) in [6, 6.07) is -0.554. The van der Waals surface area contributed by atoms with Gasteiger partial charge in [-0.3, -0.25) is 9.59 Å². The molecule has 6 nitrogen and oxygen atoms in total. The zero-order valence-corrected chi connectivity index (χ0v) is 43.9. The monoisotopic (exact) mass is 926 g/mol. The molecule has 2 atom stereocenters. The fourth-order valence-electron chi connectivity index (χ4n) is 8.64. The van der Waals surface area contributed by atoms with Crippen LogP contribution in [-0.4, -0.2) is 47.4 Å². The van der Waals surface area contributed by atoms with Gasteiger partial charge in [-0.05, 0) is 96.3 Å². The molecule has 0 aliphatic rings. The Morgan fingerprint density at radius 3 is 1.18 bits per heavy atom. The number of hydrogen-bond donors (Lipinski definition) is 3. The van der Waals surface area contributed by atoms with E-state index in [0.717, 1.165) is 89.9 Å². The van der Waals surface area contributed by atoms with E-state index in [1.54, 1.807) is 0 Å². The lowest BCUT2D eigenvalue weighted by atomic mass is 10.0. The normalized spacial score (nSPS) is 13.0. The fourth-order valence-corrected chi connectivity index (χ4v) is 8.64. The van der Waals surface area contributed by atoms with Crippen LogP contribution in [0.2, 0.25) is 0 Å². The Hall–Kier alpha value is -2.18. The standard InChI is InChI=1S/C60H111NO5/c1-3-5-7-9-11-13-15-17-18-19-20-23-26-30-34-38-42-46-50-54-60(65)66-55-51-47-43-39-35-31-27-24-21-22-25-29-33-37-41-45-49-53-59(64)61-57(56-62)58(63)52-48-44-40-36-32-28-16-14-12-10-8-6-4-2/h11,13,17-18,21,24,31,35,57-58,62-63H,3-10,12,14-16,19-20,22-23,25-30,32-34,36-56H2,1-2H3,(H,61,64)/b13-11-,18-17-,24-21-,35-31-. The van der Waals surface area contributed by atoms with Gasteiger partial charge in [-0.15, -0.1) is 0 Å². The van der Waals surface area contributed by atoms with Crippen LogP contribution in [-0.2, 0) is 14.3 Å². The maximum atomic E-state index is 12.4. The van der Waals surface area contributed by atoms with Crippen LogP contribution >= 0.6 is 0 Å². The minimum atomic E-state index is -0.675. The number of ether oxygens (including phenoxy) is 1. The van der Waals surface area contributed by atoms with Gasteiger partial charge >= 0.3 is 5.97 Å². The Morgan fingerprint density at radius 1 is 0.424 bits per heavy atom. The molecule has 0 spiro atoms. The van der Waals surface area contributed by atoms with Crippen molar-refractivity contribution in [3.8, 4) is 0 Å². The molecule has 66 heavy (non-hydrogen) atoms. The minimum Gasteiger partial charge on any atom is -0.466 e. The van der Waals surface area contributed by atoms with Crippen LogP contribution in [0.15, 0.2) is 48.6 Å².